The van der Waals surface area contributed by atoms with E-state index in [0.29, 0.717) is 0 Å². The lowest BCUT2D eigenvalue weighted by Crippen LogP contribution is -2.60. The van der Waals surface area contributed by atoms with Crippen LogP contribution in [0.2, 0.25) is 0 Å². The van der Waals surface area contributed by atoms with Crippen molar-refractivity contribution in [3.8, 4) is 44.5 Å². The summed E-state index contributed by atoms with van der Waals surface area (Å²) in [5, 5.41) is 20.0. The van der Waals surface area contributed by atoms with Crippen molar-refractivity contribution >= 4 is 184 Å². The standard InChI is InChI=1S/C77H59BN2S6/c1-43(2)44-35-63-73-64(36-44)80(52-33-47(61-41-83-67-23-15-11-19-55(61)67)30-48(34-52)62-42-84-68-24-16-12-20-56(62)68)75-72(58-38-50(77(6,7)8)26-28-70(58)86-75)78(73)71-57-37-49(76(3,4)5)25-27-69(57)85-74(71)79(63)51-31-45(59-39-81-65-21-13-9-17-53(59)65)29-46(32-51)60-40-82-66-22-14-10-18-54(60)66/h9-43H,1-8H3. The first-order chi connectivity index (χ1) is 41.7. The Morgan fingerprint density at radius 1 is 0.349 bits per heavy atom. The van der Waals surface area contributed by atoms with Crippen LogP contribution in [0.1, 0.15) is 78.0 Å². The van der Waals surface area contributed by atoms with Crippen molar-refractivity contribution in [1.29, 1.82) is 0 Å². The maximum Gasteiger partial charge on any atom is 0.256 e. The zero-order valence-corrected chi connectivity index (χ0v) is 54.0. The first kappa shape index (κ1) is 52.7. The molecule has 2 aliphatic heterocycles. The van der Waals surface area contributed by atoms with Gasteiger partial charge in [0.25, 0.3) is 6.71 Å². The van der Waals surface area contributed by atoms with Gasteiger partial charge < -0.3 is 9.80 Å². The van der Waals surface area contributed by atoms with E-state index in [1.807, 2.05) is 68.0 Å². The van der Waals surface area contributed by atoms with Gasteiger partial charge in [0.2, 0.25) is 0 Å². The van der Waals surface area contributed by atoms with Crippen LogP contribution in [0.25, 0.3) is 105 Å². The van der Waals surface area contributed by atoms with Crippen LogP contribution >= 0.6 is 68.0 Å². The average Bonchev–Trinajstić information content (AvgIpc) is 1.38. The first-order valence-corrected chi connectivity index (χ1v) is 34.9. The SMILES string of the molecule is CC(C)c1cc2c3c(c1)N(c1cc(-c4csc5ccccc45)cc(-c4csc5ccccc45)c1)c1sc4ccc(C(C)(C)C)cc4c1B3c1c(sc3ccc(C(C)(C)C)cc13)N2c1cc(-c2csc3ccccc23)cc(-c2csc3ccccc23)c1. The number of hydrogen-bond acceptors (Lipinski definition) is 8. The predicted molar refractivity (Wildman–Crippen MR) is 386 cm³/mol. The fourth-order valence-electron chi connectivity index (χ4n) is 13.7. The maximum atomic E-state index is 2.73. The second kappa shape index (κ2) is 19.5. The third kappa shape index (κ3) is 8.18. The minimum Gasteiger partial charge on any atom is -0.303 e. The molecule has 0 fully saturated rings. The van der Waals surface area contributed by atoms with Crippen molar-refractivity contribution in [1.82, 2.24) is 0 Å². The number of benzene rings is 9. The van der Waals surface area contributed by atoms with Gasteiger partial charge in [-0.1, -0.05) is 152 Å². The Labute approximate surface area is 526 Å². The fraction of sp³-hybridized carbons (Fsp3) is 0.143. The Hall–Kier alpha value is -7.60. The summed E-state index contributed by atoms with van der Waals surface area (Å²) < 4.78 is 7.84. The summed E-state index contributed by atoms with van der Waals surface area (Å²) in [6.45, 7) is 18.9. The van der Waals surface area contributed by atoms with Gasteiger partial charge in [0.1, 0.15) is 0 Å². The Morgan fingerprint density at radius 3 is 1.01 bits per heavy atom. The Morgan fingerprint density at radius 2 is 0.686 bits per heavy atom. The van der Waals surface area contributed by atoms with Crippen molar-refractivity contribution in [3.63, 3.8) is 0 Å². The highest BCUT2D eigenvalue weighted by atomic mass is 32.1. The molecule has 9 heteroatoms. The number of fused-ring (bicyclic) bond motifs is 12. The molecule has 0 spiro atoms. The van der Waals surface area contributed by atoms with Crippen LogP contribution in [0, 0.1) is 0 Å². The van der Waals surface area contributed by atoms with Crippen LogP contribution in [0.3, 0.4) is 0 Å². The average molecular weight is 1220 g/mol. The van der Waals surface area contributed by atoms with Gasteiger partial charge in [-0.05, 0) is 189 Å². The molecule has 0 saturated heterocycles. The quantitative estimate of drug-likeness (QED) is 0.147. The summed E-state index contributed by atoms with van der Waals surface area (Å²) in [7, 11) is 0. The van der Waals surface area contributed by atoms with Gasteiger partial charge in [-0.25, -0.2) is 0 Å². The molecule has 416 valence electrons. The number of hydrogen-bond donors (Lipinski definition) is 0. The third-order valence-electron chi connectivity index (χ3n) is 18.2. The molecule has 0 atom stereocenters. The predicted octanol–water partition coefficient (Wildman–Crippen LogP) is 23.4. The van der Waals surface area contributed by atoms with Gasteiger partial charge >= 0.3 is 0 Å². The molecule has 2 aliphatic rings. The molecule has 0 saturated carbocycles. The highest BCUT2D eigenvalue weighted by Crippen LogP contribution is 2.54. The van der Waals surface area contributed by atoms with Crippen LogP contribution < -0.4 is 26.2 Å². The molecule has 2 nitrogen and oxygen atoms in total. The van der Waals surface area contributed by atoms with Crippen molar-refractivity contribution < 1.29 is 0 Å². The first-order valence-electron chi connectivity index (χ1n) is 29.8. The number of thiophene rings is 6. The monoisotopic (exact) mass is 1210 g/mol. The molecule has 15 aromatic rings. The summed E-state index contributed by atoms with van der Waals surface area (Å²) in [6.07, 6.45) is 0. The van der Waals surface area contributed by atoms with Gasteiger partial charge in [0.15, 0.2) is 0 Å². The maximum absolute atomic E-state index is 2.73. The van der Waals surface area contributed by atoms with Crippen LogP contribution in [0.4, 0.5) is 32.8 Å². The van der Waals surface area contributed by atoms with E-state index in [0.717, 1.165) is 0 Å². The smallest absolute Gasteiger partial charge is 0.256 e. The minimum atomic E-state index is -0.0692. The van der Waals surface area contributed by atoms with E-state index >= 15 is 0 Å². The van der Waals surface area contributed by atoms with Crippen LogP contribution in [0.15, 0.2) is 204 Å². The topological polar surface area (TPSA) is 6.48 Å². The summed E-state index contributed by atoms with van der Waals surface area (Å²) in [6, 6.07) is 70.8. The lowest BCUT2D eigenvalue weighted by Gasteiger charge is -2.43. The molecule has 0 bridgehead atoms. The summed E-state index contributed by atoms with van der Waals surface area (Å²) >= 11 is 11.3. The van der Waals surface area contributed by atoms with Crippen molar-refractivity contribution in [3.05, 3.63) is 220 Å². The third-order valence-corrected chi connectivity index (χ3v) is 24.4. The molecule has 0 N–H and O–H groups in total. The van der Waals surface area contributed by atoms with Gasteiger partial charge in [0.05, 0.1) is 10.0 Å². The van der Waals surface area contributed by atoms with E-state index in [9.17, 15) is 0 Å². The fourth-order valence-corrected chi connectivity index (χ4v) is 20.1. The lowest BCUT2D eigenvalue weighted by atomic mass is 9.33. The second-order valence-corrected chi connectivity index (χ2v) is 31.6. The summed E-state index contributed by atoms with van der Waals surface area (Å²) in [4.78, 5) is 5.45. The Bertz CT molecular complexity index is 4790. The highest BCUT2D eigenvalue weighted by Gasteiger charge is 2.48. The molecular weight excluding hydrogens is 1160 g/mol. The van der Waals surface area contributed by atoms with Crippen LogP contribution in [-0.4, -0.2) is 6.71 Å². The molecule has 0 aliphatic carbocycles. The summed E-state index contributed by atoms with van der Waals surface area (Å²) in [5.74, 6) is 0.238. The minimum absolute atomic E-state index is 0.0576. The molecule has 0 amide bonds. The molecule has 86 heavy (non-hydrogen) atoms. The Kier molecular flexibility index (Phi) is 11.9. The molecule has 6 aromatic heterocycles. The summed E-state index contributed by atoms with van der Waals surface area (Å²) in [5.41, 5.74) is 22.9. The highest BCUT2D eigenvalue weighted by molar-refractivity contribution is 7.29. The second-order valence-electron chi connectivity index (χ2n) is 25.9. The van der Waals surface area contributed by atoms with Crippen LogP contribution in [-0.2, 0) is 10.8 Å². The van der Waals surface area contributed by atoms with Gasteiger partial charge in [-0.2, -0.15) is 0 Å². The van der Waals surface area contributed by atoms with Crippen molar-refractivity contribution in [2.45, 2.75) is 72.1 Å². The van der Waals surface area contributed by atoms with E-state index in [1.165, 1.54) is 171 Å². The molecular formula is C77H59BN2S6. The van der Waals surface area contributed by atoms with E-state index in [1.54, 1.807) is 0 Å². The molecule has 9 aromatic carbocycles. The largest absolute Gasteiger partial charge is 0.303 e. The molecule has 0 radical (unpaired) electrons. The zero-order chi connectivity index (χ0) is 58.1. The Balaban J connectivity index is 1.02. The van der Waals surface area contributed by atoms with E-state index < -0.39 is 0 Å². The molecule has 17 rings (SSSR count). The molecule has 8 heterocycles. The van der Waals surface area contributed by atoms with Gasteiger partial charge in [-0.3, -0.25) is 0 Å². The normalized spacial score (nSPS) is 13.4. The number of rotatable bonds is 7. The zero-order valence-electron chi connectivity index (χ0n) is 49.1. The van der Waals surface area contributed by atoms with Crippen molar-refractivity contribution in [2.24, 2.45) is 0 Å². The number of nitrogens with zero attached hydrogens (tertiary/aromatic N) is 2. The van der Waals surface area contributed by atoms with E-state index in [-0.39, 0.29) is 23.5 Å². The van der Waals surface area contributed by atoms with E-state index in [2.05, 4.69) is 269 Å². The van der Waals surface area contributed by atoms with Crippen LogP contribution in [0.5, 0.6) is 0 Å². The lowest BCUT2D eigenvalue weighted by molar-refractivity contribution is 0.591. The number of anilines is 6. The van der Waals surface area contributed by atoms with Gasteiger partial charge in [-0.15, -0.1) is 68.0 Å². The van der Waals surface area contributed by atoms with Crippen molar-refractivity contribution in [2.75, 3.05) is 9.80 Å². The van der Waals surface area contributed by atoms with E-state index in [4.69, 9.17) is 0 Å². The molecule has 0 unspecified atom stereocenters. The van der Waals surface area contributed by atoms with Gasteiger partial charge in [0, 0.05) is 94.7 Å².